The Bertz CT molecular complexity index is 1680. The Morgan fingerprint density at radius 1 is 0.967 bits per heavy atom. The summed E-state index contributed by atoms with van der Waals surface area (Å²) in [4.78, 5) is 24.3. The number of pyridine rings is 1. The summed E-state index contributed by atoms with van der Waals surface area (Å²) in [5.41, 5.74) is 0.311. The minimum absolute atomic E-state index is 0.103. The fraction of sp³-hybridized carbons (Fsp3) is 0.0909. The van der Waals surface area contributed by atoms with Crippen LogP contribution in [0.5, 0.6) is 17.4 Å². The molecule has 0 radical (unpaired) electrons. The lowest BCUT2D eigenvalue weighted by Gasteiger charge is -2.06. The maximum absolute atomic E-state index is 12.2. The predicted molar refractivity (Wildman–Crippen MR) is 112 cm³/mol. The molecule has 150 valence electrons. The summed E-state index contributed by atoms with van der Waals surface area (Å²) in [6, 6.07) is 7.48. The topological polar surface area (TPSA) is 111 Å². The summed E-state index contributed by atoms with van der Waals surface area (Å²) in [7, 11) is 2.79. The summed E-state index contributed by atoms with van der Waals surface area (Å²) in [5.74, 6) is -0.163. The van der Waals surface area contributed by atoms with Gasteiger partial charge in [-0.3, -0.25) is 9.59 Å². The number of aromatic nitrogens is 1. The second-order valence-corrected chi connectivity index (χ2v) is 6.80. The summed E-state index contributed by atoms with van der Waals surface area (Å²) >= 11 is 0. The van der Waals surface area contributed by atoms with Gasteiger partial charge in [-0.2, -0.15) is 0 Å². The van der Waals surface area contributed by atoms with Gasteiger partial charge < -0.3 is 28.5 Å². The zero-order valence-electron chi connectivity index (χ0n) is 15.9. The Labute approximate surface area is 167 Å². The number of methoxy groups -OCH3 is 2. The molecular weight excluding hydrogens is 390 g/mol. The van der Waals surface area contributed by atoms with Crippen molar-refractivity contribution in [2.24, 2.45) is 0 Å². The first-order valence-corrected chi connectivity index (χ1v) is 8.95. The average molecular weight is 405 g/mol. The number of ether oxygens (including phenoxy) is 2. The van der Waals surface area contributed by atoms with Gasteiger partial charge in [-0.15, -0.1) is 0 Å². The van der Waals surface area contributed by atoms with Gasteiger partial charge in [0.05, 0.1) is 26.0 Å². The smallest absolute Gasteiger partial charge is 0.308 e. The summed E-state index contributed by atoms with van der Waals surface area (Å²) in [6.07, 6.45) is 2.59. The molecule has 0 bridgehead atoms. The van der Waals surface area contributed by atoms with Crippen molar-refractivity contribution in [3.8, 4) is 17.4 Å². The van der Waals surface area contributed by atoms with E-state index in [4.69, 9.17) is 13.9 Å². The van der Waals surface area contributed by atoms with Crippen molar-refractivity contribution < 1.29 is 24.1 Å². The van der Waals surface area contributed by atoms with Crippen LogP contribution in [-0.4, -0.2) is 28.8 Å². The first-order valence-electron chi connectivity index (χ1n) is 8.95. The lowest BCUT2D eigenvalue weighted by atomic mass is 10.1. The standard InChI is InChI=1S/C22H15NO7/c1-28-17-6-11-10(5-14(17)25)3-4-23-20(11)13(9-24)19-12-7-18(29-2)15(26)8-16(12)30-22(27)21(19)23/h3-9,24,27H,1-2H3/b13-9+. The normalized spacial score (nSPS) is 12.4. The Hall–Kier alpha value is -4.20. The van der Waals surface area contributed by atoms with Gasteiger partial charge in [-0.05, 0) is 29.7 Å². The molecular formula is C22H15NO7. The largest absolute Gasteiger partial charge is 0.515 e. The van der Waals surface area contributed by atoms with E-state index in [0.717, 1.165) is 6.26 Å². The van der Waals surface area contributed by atoms with Crippen molar-refractivity contribution in [1.29, 1.82) is 0 Å². The number of hydrogen-bond donors (Lipinski definition) is 2. The van der Waals surface area contributed by atoms with E-state index in [-0.39, 0.29) is 22.5 Å². The van der Waals surface area contributed by atoms with E-state index in [1.165, 1.54) is 32.4 Å². The van der Waals surface area contributed by atoms with Crippen LogP contribution in [0.15, 0.2) is 50.5 Å². The van der Waals surface area contributed by atoms with Gasteiger partial charge in [0.2, 0.25) is 10.9 Å². The SMILES string of the molecule is COc1cc2c(ccn3c4c(O)oc5cc(=O)c(OC)cc5c4/c(=C\O)c23)cc1=O. The number of hydrogen-bond acceptors (Lipinski definition) is 7. The zero-order chi connectivity index (χ0) is 21.2. The maximum atomic E-state index is 12.2. The number of fused-ring (bicyclic) bond motifs is 7. The minimum Gasteiger partial charge on any atom is -0.515 e. The molecule has 0 spiro atoms. The van der Waals surface area contributed by atoms with Crippen molar-refractivity contribution in [3.63, 3.8) is 0 Å². The van der Waals surface area contributed by atoms with Crippen molar-refractivity contribution in [2.75, 3.05) is 14.2 Å². The third-order valence-electron chi connectivity index (χ3n) is 5.31. The van der Waals surface area contributed by atoms with Gasteiger partial charge >= 0.3 is 5.95 Å². The second kappa shape index (κ2) is 6.15. The molecule has 0 atom stereocenters. The van der Waals surface area contributed by atoms with Crippen LogP contribution >= 0.6 is 0 Å². The fourth-order valence-electron chi connectivity index (χ4n) is 4.01. The fourth-order valence-corrected chi connectivity index (χ4v) is 4.01. The van der Waals surface area contributed by atoms with E-state index in [1.54, 1.807) is 22.7 Å². The van der Waals surface area contributed by atoms with Crippen LogP contribution in [0.3, 0.4) is 0 Å². The zero-order valence-corrected chi connectivity index (χ0v) is 15.9. The number of aromatic hydroxyl groups is 1. The highest BCUT2D eigenvalue weighted by molar-refractivity contribution is 6.12. The van der Waals surface area contributed by atoms with Crippen molar-refractivity contribution in [1.82, 2.24) is 4.40 Å². The highest BCUT2D eigenvalue weighted by Crippen LogP contribution is 2.35. The van der Waals surface area contributed by atoms with Crippen LogP contribution < -0.4 is 25.5 Å². The molecule has 3 heterocycles. The molecule has 8 heteroatoms. The summed E-state index contributed by atoms with van der Waals surface area (Å²) in [6.45, 7) is 0. The Kier molecular flexibility index (Phi) is 3.66. The van der Waals surface area contributed by atoms with E-state index in [2.05, 4.69) is 0 Å². The molecule has 3 aromatic heterocycles. The summed E-state index contributed by atoms with van der Waals surface area (Å²) in [5, 5.41) is 23.4. The maximum Gasteiger partial charge on any atom is 0.308 e. The molecule has 0 fully saturated rings. The minimum atomic E-state index is -0.420. The van der Waals surface area contributed by atoms with Gasteiger partial charge in [0.1, 0.15) is 11.1 Å². The van der Waals surface area contributed by atoms with Crippen molar-refractivity contribution in [3.05, 3.63) is 62.2 Å². The van der Waals surface area contributed by atoms with E-state index < -0.39 is 11.4 Å². The number of nitrogens with zero attached hydrogens (tertiary/aromatic N) is 1. The van der Waals surface area contributed by atoms with E-state index in [9.17, 15) is 19.8 Å². The lowest BCUT2D eigenvalue weighted by molar-refractivity contribution is 0.345. The quantitative estimate of drug-likeness (QED) is 0.464. The van der Waals surface area contributed by atoms with E-state index in [0.29, 0.717) is 37.8 Å². The Morgan fingerprint density at radius 3 is 2.30 bits per heavy atom. The molecule has 0 unspecified atom stereocenters. The second-order valence-electron chi connectivity index (χ2n) is 6.80. The summed E-state index contributed by atoms with van der Waals surface area (Å²) < 4.78 is 17.5. The van der Waals surface area contributed by atoms with Crippen LogP contribution in [0.1, 0.15) is 0 Å². The van der Waals surface area contributed by atoms with E-state index >= 15 is 0 Å². The van der Waals surface area contributed by atoms with Gasteiger partial charge in [0.25, 0.3) is 0 Å². The Balaban J connectivity index is 2.14. The lowest BCUT2D eigenvalue weighted by Crippen LogP contribution is -2.06. The molecule has 5 aromatic rings. The van der Waals surface area contributed by atoms with Crippen LogP contribution in [0.2, 0.25) is 0 Å². The average Bonchev–Trinajstić information content (AvgIpc) is 3.08. The highest BCUT2D eigenvalue weighted by Gasteiger charge is 2.20. The molecule has 0 aliphatic heterocycles. The predicted octanol–water partition coefficient (Wildman–Crippen LogP) is 2.45. The number of rotatable bonds is 2. The third kappa shape index (κ3) is 2.21. The molecule has 0 saturated carbocycles. The van der Waals surface area contributed by atoms with E-state index in [1.807, 2.05) is 0 Å². The molecule has 2 N–H and O–H groups in total. The molecule has 8 nitrogen and oxygen atoms in total. The molecule has 2 aromatic carbocycles. The van der Waals surface area contributed by atoms with Gasteiger partial charge in [-0.1, -0.05) is 0 Å². The first-order chi connectivity index (χ1) is 14.5. The molecule has 0 saturated heterocycles. The number of aliphatic hydroxyl groups is 1. The highest BCUT2D eigenvalue weighted by atomic mass is 16.5. The van der Waals surface area contributed by atoms with Gasteiger partial charge in [-0.25, -0.2) is 0 Å². The molecule has 0 aliphatic rings. The van der Waals surface area contributed by atoms with Crippen LogP contribution in [0, 0.1) is 0 Å². The van der Waals surface area contributed by atoms with Crippen molar-refractivity contribution >= 4 is 44.4 Å². The van der Waals surface area contributed by atoms with Crippen LogP contribution in [0.4, 0.5) is 0 Å². The Morgan fingerprint density at radius 2 is 1.63 bits per heavy atom. The molecule has 0 amide bonds. The third-order valence-corrected chi connectivity index (χ3v) is 5.31. The van der Waals surface area contributed by atoms with Gasteiger partial charge in [0.15, 0.2) is 11.5 Å². The molecule has 0 aliphatic carbocycles. The number of benzene rings is 2. The van der Waals surface area contributed by atoms with Crippen LogP contribution in [0.25, 0.3) is 44.4 Å². The van der Waals surface area contributed by atoms with Crippen LogP contribution in [-0.2, 0) is 0 Å². The molecule has 5 rings (SSSR count). The monoisotopic (exact) mass is 405 g/mol. The van der Waals surface area contributed by atoms with Crippen molar-refractivity contribution in [2.45, 2.75) is 0 Å². The number of aliphatic hydroxyl groups excluding tert-OH is 1. The molecule has 30 heavy (non-hydrogen) atoms. The van der Waals surface area contributed by atoms with Gasteiger partial charge in [0, 0.05) is 33.6 Å². The first kappa shape index (κ1) is 17.9.